The number of carbonyl (C=O) groups excluding carboxylic acids is 1. The van der Waals surface area contributed by atoms with Crippen molar-refractivity contribution >= 4 is 5.91 Å². The van der Waals surface area contributed by atoms with E-state index in [9.17, 15) is 14.0 Å². The minimum absolute atomic E-state index is 0.0960. The van der Waals surface area contributed by atoms with Crippen molar-refractivity contribution in [3.8, 4) is 5.75 Å². The van der Waals surface area contributed by atoms with Crippen molar-refractivity contribution in [2.45, 2.75) is 30.8 Å². The van der Waals surface area contributed by atoms with Gasteiger partial charge < -0.3 is 9.64 Å². The Balaban J connectivity index is 1.78. The lowest BCUT2D eigenvalue weighted by atomic mass is 9.80. The van der Waals surface area contributed by atoms with Crippen LogP contribution >= 0.6 is 0 Å². The lowest BCUT2D eigenvalue weighted by molar-refractivity contribution is 0.0566. The van der Waals surface area contributed by atoms with E-state index in [1.165, 1.54) is 18.3 Å². The minimum atomic E-state index is -0.482. The predicted molar refractivity (Wildman–Crippen MR) is 112 cm³/mol. The highest BCUT2D eigenvalue weighted by Crippen LogP contribution is 2.45. The Labute approximate surface area is 178 Å². The van der Waals surface area contributed by atoms with Gasteiger partial charge in [0.1, 0.15) is 12.9 Å². The van der Waals surface area contributed by atoms with Crippen molar-refractivity contribution in [2.24, 2.45) is 0 Å². The molecule has 1 aromatic heterocycles. The fourth-order valence-corrected chi connectivity index (χ4v) is 4.99. The summed E-state index contributed by atoms with van der Waals surface area (Å²) in [6.07, 6.45) is 2.84. The molecule has 1 fully saturated rings. The number of halogens is 1. The van der Waals surface area contributed by atoms with Gasteiger partial charge in [-0.15, -0.1) is 0 Å². The van der Waals surface area contributed by atoms with Gasteiger partial charge in [0.25, 0.3) is 5.91 Å². The average Bonchev–Trinajstić information content (AvgIpc) is 3.28. The number of amides is 1. The van der Waals surface area contributed by atoms with E-state index in [1.54, 1.807) is 16.8 Å². The number of ether oxygens (including phenoxy) is 1. The van der Waals surface area contributed by atoms with Crippen molar-refractivity contribution in [1.82, 2.24) is 14.7 Å². The number of hydrogen-bond donors (Lipinski definition) is 0. The molecule has 7 heteroatoms. The number of nitrogens with zero attached hydrogens (tertiary/aromatic N) is 3. The maximum Gasteiger partial charge on any atom is 0.276 e. The number of carbonyl (C=O) groups is 1. The summed E-state index contributed by atoms with van der Waals surface area (Å²) in [6, 6.07) is 15.9. The van der Waals surface area contributed by atoms with Gasteiger partial charge in [-0.1, -0.05) is 42.5 Å². The molecule has 3 heterocycles. The summed E-state index contributed by atoms with van der Waals surface area (Å²) in [5.74, 6) is -0.895. The minimum Gasteiger partial charge on any atom is -0.484 e. The van der Waals surface area contributed by atoms with Gasteiger partial charge in [-0.05, 0) is 36.1 Å². The molecule has 5 rings (SSSR count). The molecule has 0 N–H and O–H groups in total. The fraction of sp³-hybridized carbons (Fsp3) is 0.250. The first kappa shape index (κ1) is 19.5. The molecule has 2 aliphatic heterocycles. The van der Waals surface area contributed by atoms with Crippen LogP contribution in [0.2, 0.25) is 0 Å². The Morgan fingerprint density at radius 1 is 1.06 bits per heavy atom. The molecular formula is C24H21FN3O3. The summed E-state index contributed by atoms with van der Waals surface area (Å²) in [7, 11) is 3.39. The van der Waals surface area contributed by atoms with E-state index in [1.807, 2.05) is 35.2 Å². The number of benzene rings is 2. The molecular weight excluding hydrogens is 397 g/mol. The van der Waals surface area contributed by atoms with E-state index in [-0.39, 0.29) is 41.2 Å². The summed E-state index contributed by atoms with van der Waals surface area (Å²) >= 11 is 0. The van der Waals surface area contributed by atoms with Gasteiger partial charge in [0.15, 0.2) is 11.4 Å². The van der Waals surface area contributed by atoms with Crippen molar-refractivity contribution in [3.05, 3.63) is 101 Å². The van der Waals surface area contributed by atoms with Gasteiger partial charge in [-0.25, -0.2) is 4.39 Å². The van der Waals surface area contributed by atoms with Crippen molar-refractivity contribution in [3.63, 3.8) is 0 Å². The Morgan fingerprint density at radius 3 is 2.48 bits per heavy atom. The molecule has 0 unspecified atom stereocenters. The van der Waals surface area contributed by atoms with Crippen molar-refractivity contribution in [1.29, 1.82) is 0 Å². The molecule has 0 bridgehead atoms. The number of rotatable bonds is 4. The second-order valence-corrected chi connectivity index (χ2v) is 7.91. The standard InChI is InChI=1S/C24H21FN3O3/c1-31-23-19(29)14-26-28-21(18-8-5-13-27(18)24(30)22(23)28)20(15-6-3-2-4-7-15)16-9-11-17(25)12-10-16/h2-4,6-7,9-12,14,18,20-21H,1,5,8,13H2/t18-,20-,21-/m1/s1. The van der Waals surface area contributed by atoms with E-state index in [2.05, 4.69) is 12.2 Å². The van der Waals surface area contributed by atoms with Crippen LogP contribution in [-0.2, 0) is 0 Å². The Kier molecular flexibility index (Phi) is 4.81. The van der Waals surface area contributed by atoms with Gasteiger partial charge >= 0.3 is 0 Å². The summed E-state index contributed by atoms with van der Waals surface area (Å²) in [4.78, 5) is 27.5. The zero-order valence-electron chi connectivity index (χ0n) is 16.8. The first-order chi connectivity index (χ1) is 15.1. The van der Waals surface area contributed by atoms with Crippen LogP contribution in [0.15, 0.2) is 65.6 Å². The van der Waals surface area contributed by atoms with Gasteiger partial charge in [0, 0.05) is 12.5 Å². The quantitative estimate of drug-likeness (QED) is 0.650. The number of hydrogen-bond acceptors (Lipinski definition) is 4. The highest BCUT2D eigenvalue weighted by atomic mass is 19.1. The molecule has 1 radical (unpaired) electrons. The topological polar surface area (TPSA) is 64.4 Å². The summed E-state index contributed by atoms with van der Waals surface area (Å²) in [5, 5.41) is 4.38. The molecule has 2 aromatic carbocycles. The molecule has 0 saturated carbocycles. The van der Waals surface area contributed by atoms with Crippen LogP contribution in [0, 0.1) is 12.9 Å². The van der Waals surface area contributed by atoms with Crippen LogP contribution in [0.1, 0.15) is 46.4 Å². The Hall–Kier alpha value is -3.48. The van der Waals surface area contributed by atoms with Crippen LogP contribution in [0.3, 0.4) is 0 Å². The normalized spacial score (nSPS) is 20.8. The molecule has 31 heavy (non-hydrogen) atoms. The highest BCUT2D eigenvalue weighted by Gasteiger charge is 2.48. The molecule has 3 aromatic rings. The van der Waals surface area contributed by atoms with Gasteiger partial charge in [-0.3, -0.25) is 14.3 Å². The van der Waals surface area contributed by atoms with Gasteiger partial charge in [0.2, 0.25) is 5.43 Å². The highest BCUT2D eigenvalue weighted by molar-refractivity contribution is 5.96. The second-order valence-electron chi connectivity index (χ2n) is 7.91. The lowest BCUT2D eigenvalue weighted by Crippen LogP contribution is -2.51. The van der Waals surface area contributed by atoms with Gasteiger partial charge in [0.05, 0.1) is 18.3 Å². The van der Waals surface area contributed by atoms with Crippen LogP contribution in [0.25, 0.3) is 0 Å². The number of aromatic nitrogens is 2. The number of fused-ring (bicyclic) bond motifs is 2. The molecule has 2 aliphatic rings. The molecule has 157 valence electrons. The SMILES string of the molecule is [CH2]Oc1c2n(ncc1=O)[C@@H]([C@H](c1ccccc1)c1ccc(F)cc1)[C@H]1CCCN1C2=O. The lowest BCUT2D eigenvalue weighted by Gasteiger charge is -2.42. The van der Waals surface area contributed by atoms with E-state index in [0.717, 1.165) is 24.0 Å². The zero-order valence-corrected chi connectivity index (χ0v) is 16.8. The second kappa shape index (κ2) is 7.65. The summed E-state index contributed by atoms with van der Waals surface area (Å²) < 4.78 is 20.4. The summed E-state index contributed by atoms with van der Waals surface area (Å²) in [5.41, 5.74) is 1.56. The molecule has 3 atom stereocenters. The first-order valence-electron chi connectivity index (χ1n) is 10.3. The van der Waals surface area contributed by atoms with E-state index >= 15 is 0 Å². The third-order valence-electron chi connectivity index (χ3n) is 6.28. The molecule has 0 spiro atoms. The van der Waals surface area contributed by atoms with Crippen molar-refractivity contribution in [2.75, 3.05) is 6.54 Å². The van der Waals surface area contributed by atoms with E-state index in [0.29, 0.717) is 6.54 Å². The fourth-order valence-electron chi connectivity index (χ4n) is 4.99. The van der Waals surface area contributed by atoms with Crippen LogP contribution in [0.5, 0.6) is 5.75 Å². The molecule has 1 amide bonds. The molecule has 1 saturated heterocycles. The monoisotopic (exact) mass is 418 g/mol. The Bertz CT molecular complexity index is 1180. The van der Waals surface area contributed by atoms with Crippen molar-refractivity contribution < 1.29 is 13.9 Å². The van der Waals surface area contributed by atoms with Gasteiger partial charge in [-0.2, -0.15) is 5.10 Å². The Morgan fingerprint density at radius 2 is 1.77 bits per heavy atom. The predicted octanol–water partition coefficient (Wildman–Crippen LogP) is 3.54. The molecule has 6 nitrogen and oxygen atoms in total. The third-order valence-corrected chi connectivity index (χ3v) is 6.28. The smallest absolute Gasteiger partial charge is 0.276 e. The van der Waals surface area contributed by atoms with Crippen LogP contribution in [-0.4, -0.2) is 33.2 Å². The van der Waals surface area contributed by atoms with E-state index in [4.69, 9.17) is 4.74 Å². The maximum atomic E-state index is 13.7. The average molecular weight is 418 g/mol. The maximum absolute atomic E-state index is 13.7. The largest absolute Gasteiger partial charge is 0.484 e. The van der Waals surface area contributed by atoms with Crippen LogP contribution < -0.4 is 10.2 Å². The van der Waals surface area contributed by atoms with Crippen LogP contribution in [0.4, 0.5) is 4.39 Å². The molecule has 0 aliphatic carbocycles. The summed E-state index contributed by atoms with van der Waals surface area (Å²) in [6.45, 7) is 0.602. The first-order valence-corrected chi connectivity index (χ1v) is 10.3. The zero-order chi connectivity index (χ0) is 21.5. The van der Waals surface area contributed by atoms with E-state index < -0.39 is 5.43 Å². The third kappa shape index (κ3) is 3.12.